The van der Waals surface area contributed by atoms with Gasteiger partial charge in [-0.1, -0.05) is 18.2 Å². The van der Waals surface area contributed by atoms with E-state index in [-0.39, 0.29) is 10.6 Å². The summed E-state index contributed by atoms with van der Waals surface area (Å²) in [6, 6.07) is 13.3. The van der Waals surface area contributed by atoms with Crippen molar-refractivity contribution in [2.75, 3.05) is 5.43 Å². The third-order valence-corrected chi connectivity index (χ3v) is 3.72. The number of nitrogens with zero attached hydrogens (tertiary/aromatic N) is 1. The molecule has 20 heavy (non-hydrogen) atoms. The molecule has 2 rings (SSSR count). The fraction of sp³-hybridized carbons (Fsp3) is 0. The van der Waals surface area contributed by atoms with E-state index in [1.807, 2.05) is 0 Å². The minimum Gasteiger partial charge on any atom is -0.308 e. The van der Waals surface area contributed by atoms with Gasteiger partial charge in [0.1, 0.15) is 0 Å². The predicted molar refractivity (Wildman–Crippen MR) is 73.5 cm³/mol. The van der Waals surface area contributed by atoms with E-state index in [1.54, 1.807) is 30.3 Å². The number of para-hydroxylation sites is 1. The molecule has 7 nitrogen and oxygen atoms in total. The molecule has 0 aliphatic rings. The van der Waals surface area contributed by atoms with Crippen LogP contribution in [0.15, 0.2) is 59.5 Å². The molecule has 8 heteroatoms. The van der Waals surface area contributed by atoms with Crippen molar-refractivity contribution >= 4 is 21.4 Å². The zero-order valence-corrected chi connectivity index (χ0v) is 11.0. The highest BCUT2D eigenvalue weighted by Crippen LogP contribution is 2.15. The molecule has 0 heterocycles. The first kappa shape index (κ1) is 14.0. The van der Waals surface area contributed by atoms with Crippen molar-refractivity contribution in [3.8, 4) is 0 Å². The number of nitro groups is 1. The normalized spacial score (nSPS) is 11.0. The summed E-state index contributed by atoms with van der Waals surface area (Å²) in [5.74, 6) is 0. The topological polar surface area (TPSA) is 101 Å². The van der Waals surface area contributed by atoms with Crippen LogP contribution in [-0.2, 0) is 10.0 Å². The second kappa shape index (κ2) is 5.68. The van der Waals surface area contributed by atoms with Crippen LogP contribution in [0.25, 0.3) is 0 Å². The average molecular weight is 293 g/mol. The van der Waals surface area contributed by atoms with Crippen molar-refractivity contribution in [2.45, 2.75) is 4.90 Å². The monoisotopic (exact) mass is 293 g/mol. The lowest BCUT2D eigenvalue weighted by Crippen LogP contribution is -2.29. The third-order valence-electron chi connectivity index (χ3n) is 2.46. The second-order valence-electron chi connectivity index (χ2n) is 3.85. The molecule has 0 bridgehead atoms. The maximum absolute atomic E-state index is 11.9. The maximum atomic E-state index is 11.9. The molecule has 0 aliphatic heterocycles. The quantitative estimate of drug-likeness (QED) is 0.647. The molecule has 2 N–H and O–H groups in total. The molecule has 0 fully saturated rings. The molecule has 0 spiro atoms. The van der Waals surface area contributed by atoms with Gasteiger partial charge in [-0.15, -0.1) is 4.83 Å². The van der Waals surface area contributed by atoms with Crippen LogP contribution in [0.3, 0.4) is 0 Å². The van der Waals surface area contributed by atoms with Crippen LogP contribution in [0.5, 0.6) is 0 Å². The number of hydrazine groups is 1. The van der Waals surface area contributed by atoms with Gasteiger partial charge in [-0.2, -0.15) is 0 Å². The molecule has 2 aromatic carbocycles. The Bertz CT molecular complexity index is 699. The maximum Gasteiger partial charge on any atom is 0.269 e. The van der Waals surface area contributed by atoms with E-state index in [9.17, 15) is 18.5 Å². The smallest absolute Gasteiger partial charge is 0.269 e. The number of benzene rings is 2. The highest BCUT2D eigenvalue weighted by molar-refractivity contribution is 7.89. The number of rotatable bonds is 5. The number of hydrogen-bond donors (Lipinski definition) is 2. The molecular weight excluding hydrogens is 282 g/mol. The Kier molecular flexibility index (Phi) is 3.97. The number of sulfonamides is 1. The highest BCUT2D eigenvalue weighted by atomic mass is 32.2. The van der Waals surface area contributed by atoms with Crippen LogP contribution in [0, 0.1) is 10.1 Å². The first-order valence-corrected chi connectivity index (χ1v) is 7.05. The van der Waals surface area contributed by atoms with Gasteiger partial charge >= 0.3 is 0 Å². The van der Waals surface area contributed by atoms with Crippen molar-refractivity contribution < 1.29 is 13.3 Å². The summed E-state index contributed by atoms with van der Waals surface area (Å²) >= 11 is 0. The van der Waals surface area contributed by atoms with E-state index >= 15 is 0 Å². The van der Waals surface area contributed by atoms with E-state index in [4.69, 9.17) is 0 Å². The Morgan fingerprint density at radius 2 is 1.55 bits per heavy atom. The molecule has 0 saturated heterocycles. The van der Waals surface area contributed by atoms with Crippen LogP contribution in [0.1, 0.15) is 0 Å². The van der Waals surface area contributed by atoms with Gasteiger partial charge in [-0.05, 0) is 24.3 Å². The molecule has 0 aromatic heterocycles. The fourth-order valence-electron chi connectivity index (χ4n) is 1.45. The number of anilines is 1. The summed E-state index contributed by atoms with van der Waals surface area (Å²) in [6.07, 6.45) is 0. The Morgan fingerprint density at radius 3 is 2.10 bits per heavy atom. The zero-order valence-electron chi connectivity index (χ0n) is 10.2. The van der Waals surface area contributed by atoms with Gasteiger partial charge in [0.25, 0.3) is 15.7 Å². The van der Waals surface area contributed by atoms with E-state index in [0.717, 1.165) is 12.1 Å². The molecular formula is C12H11N3O4S. The van der Waals surface area contributed by atoms with Crippen LogP contribution < -0.4 is 10.3 Å². The van der Waals surface area contributed by atoms with E-state index in [2.05, 4.69) is 10.3 Å². The van der Waals surface area contributed by atoms with Gasteiger partial charge in [-0.25, -0.2) is 8.42 Å². The Morgan fingerprint density at radius 1 is 0.950 bits per heavy atom. The molecule has 0 radical (unpaired) electrons. The standard InChI is InChI=1S/C12H11N3O4S/c16-15(17)11-6-8-12(9-7-11)20(18,19)14-13-10-4-2-1-3-5-10/h1-9,13-14H. The predicted octanol–water partition coefficient (Wildman–Crippen LogP) is 1.90. The summed E-state index contributed by atoms with van der Waals surface area (Å²) in [5, 5.41) is 10.5. The number of non-ortho nitro benzene ring substituents is 1. The summed E-state index contributed by atoms with van der Waals surface area (Å²) in [5.41, 5.74) is 2.96. The lowest BCUT2D eigenvalue weighted by Gasteiger charge is -2.09. The van der Waals surface area contributed by atoms with Crippen LogP contribution in [-0.4, -0.2) is 13.3 Å². The van der Waals surface area contributed by atoms with Crippen LogP contribution >= 0.6 is 0 Å². The number of nitro benzene ring substituents is 1. The van der Waals surface area contributed by atoms with E-state index in [0.29, 0.717) is 5.69 Å². The Hall–Kier alpha value is -2.45. The van der Waals surface area contributed by atoms with Gasteiger partial charge in [-0.3, -0.25) is 10.1 Å². The van der Waals surface area contributed by atoms with Crippen molar-refractivity contribution in [3.05, 3.63) is 64.7 Å². The third kappa shape index (κ3) is 3.31. The highest BCUT2D eigenvalue weighted by Gasteiger charge is 2.15. The molecule has 0 amide bonds. The number of nitrogens with one attached hydrogen (secondary N) is 2. The summed E-state index contributed by atoms with van der Waals surface area (Å²) in [6.45, 7) is 0. The fourth-order valence-corrected chi connectivity index (χ4v) is 2.32. The van der Waals surface area contributed by atoms with Crippen molar-refractivity contribution in [2.24, 2.45) is 0 Å². The van der Waals surface area contributed by atoms with E-state index in [1.165, 1.54) is 12.1 Å². The molecule has 0 unspecified atom stereocenters. The van der Waals surface area contributed by atoms with Gasteiger partial charge < -0.3 is 5.43 Å². The minimum absolute atomic E-state index is 0.0634. The molecule has 0 saturated carbocycles. The van der Waals surface area contributed by atoms with Crippen molar-refractivity contribution in [1.29, 1.82) is 0 Å². The van der Waals surface area contributed by atoms with Crippen molar-refractivity contribution in [3.63, 3.8) is 0 Å². The zero-order chi connectivity index (χ0) is 14.6. The van der Waals surface area contributed by atoms with Crippen LogP contribution in [0.2, 0.25) is 0 Å². The lowest BCUT2D eigenvalue weighted by atomic mass is 10.3. The minimum atomic E-state index is -3.78. The summed E-state index contributed by atoms with van der Waals surface area (Å²) in [4.78, 5) is 12.0. The first-order chi connectivity index (χ1) is 9.49. The molecule has 0 aliphatic carbocycles. The average Bonchev–Trinajstić information content (AvgIpc) is 2.46. The van der Waals surface area contributed by atoms with Crippen molar-refractivity contribution in [1.82, 2.24) is 4.83 Å². The molecule has 2 aromatic rings. The van der Waals surface area contributed by atoms with Gasteiger partial charge in [0.2, 0.25) is 0 Å². The Balaban J connectivity index is 2.12. The van der Waals surface area contributed by atoms with Crippen LogP contribution in [0.4, 0.5) is 11.4 Å². The second-order valence-corrected chi connectivity index (χ2v) is 5.53. The summed E-state index contributed by atoms with van der Waals surface area (Å²) in [7, 11) is -3.78. The largest absolute Gasteiger partial charge is 0.308 e. The van der Waals surface area contributed by atoms with Gasteiger partial charge in [0.05, 0.1) is 9.82 Å². The van der Waals surface area contributed by atoms with E-state index < -0.39 is 14.9 Å². The molecule has 0 atom stereocenters. The van der Waals surface area contributed by atoms with Gasteiger partial charge in [0, 0.05) is 17.8 Å². The SMILES string of the molecule is O=[N+]([O-])c1ccc(S(=O)(=O)NNc2ccccc2)cc1. The number of hydrogen-bond acceptors (Lipinski definition) is 5. The first-order valence-electron chi connectivity index (χ1n) is 5.56. The van der Waals surface area contributed by atoms with Gasteiger partial charge in [0.15, 0.2) is 0 Å². The Labute approximate surface area is 115 Å². The lowest BCUT2D eigenvalue weighted by molar-refractivity contribution is -0.384. The molecule has 104 valence electrons. The summed E-state index contributed by atoms with van der Waals surface area (Å²) < 4.78 is 23.9.